The van der Waals surface area contributed by atoms with Gasteiger partial charge in [0, 0.05) is 13.1 Å². The molecule has 0 spiro atoms. The van der Waals surface area contributed by atoms with E-state index in [9.17, 15) is 4.79 Å². The van der Waals surface area contributed by atoms with Gasteiger partial charge in [-0.2, -0.15) is 4.98 Å². The summed E-state index contributed by atoms with van der Waals surface area (Å²) in [5, 5.41) is 10.2. The molecule has 1 rings (SSSR count). The zero-order valence-electron chi connectivity index (χ0n) is 11.0. The van der Waals surface area contributed by atoms with Crippen LogP contribution in [-0.2, 0) is 9.53 Å². The third-order valence-electron chi connectivity index (χ3n) is 2.29. The lowest BCUT2D eigenvalue weighted by atomic mass is 10.1. The van der Waals surface area contributed by atoms with Gasteiger partial charge in [-0.25, -0.2) is 4.79 Å². The second kappa shape index (κ2) is 6.94. The summed E-state index contributed by atoms with van der Waals surface area (Å²) < 4.78 is 9.99. The first kappa shape index (κ1) is 15.2. The molecule has 1 heterocycles. The van der Waals surface area contributed by atoms with Crippen molar-refractivity contribution in [2.24, 2.45) is 0 Å². The number of hydrogen-bond acceptors (Lipinski definition) is 6. The molecule has 104 valence electrons. The Balaban J connectivity index is 2.90. The van der Waals surface area contributed by atoms with Gasteiger partial charge < -0.3 is 14.8 Å². The number of carbonyl (C=O) groups excluding carboxylic acids is 1. The quantitative estimate of drug-likeness (QED) is 0.616. The van der Waals surface area contributed by atoms with Gasteiger partial charge in [0.15, 0.2) is 6.61 Å². The van der Waals surface area contributed by atoms with Crippen LogP contribution < -0.4 is 10.1 Å². The number of anilines is 1. The van der Waals surface area contributed by atoms with Crippen molar-refractivity contribution in [1.82, 2.24) is 4.98 Å². The monoisotopic (exact) mass is 285 g/mol. The van der Waals surface area contributed by atoms with Crippen molar-refractivity contribution in [3.05, 3.63) is 17.2 Å². The maximum Gasteiger partial charge on any atom is 0.344 e. The number of nitrogens with zero attached hydrogens (tertiary/aromatic N) is 1. The predicted octanol–water partition coefficient (Wildman–Crippen LogP) is 1.94. The average molecular weight is 286 g/mol. The van der Waals surface area contributed by atoms with Crippen LogP contribution in [0.25, 0.3) is 0 Å². The summed E-state index contributed by atoms with van der Waals surface area (Å²) in [5.41, 5.74) is 1.24. The molecule has 0 saturated heterocycles. The second-order valence-corrected chi connectivity index (χ2v) is 4.04. The molecular formula is C12H16ClN3O3. The third-order valence-corrected chi connectivity index (χ3v) is 2.48. The summed E-state index contributed by atoms with van der Waals surface area (Å²) >= 11 is 5.70. The Labute approximate surface area is 116 Å². The number of ether oxygens (including phenoxy) is 2. The highest BCUT2D eigenvalue weighted by molar-refractivity contribution is 6.69. The molecule has 0 fully saturated rings. The van der Waals surface area contributed by atoms with Crippen molar-refractivity contribution in [3.8, 4) is 5.88 Å². The average Bonchev–Trinajstić information content (AvgIpc) is 2.35. The summed E-state index contributed by atoms with van der Waals surface area (Å²) in [4.78, 5) is 15.3. The summed E-state index contributed by atoms with van der Waals surface area (Å²) in [7, 11) is 1.67. The fourth-order valence-corrected chi connectivity index (χ4v) is 1.75. The van der Waals surface area contributed by atoms with E-state index in [1.165, 1.54) is 0 Å². The van der Waals surface area contributed by atoms with Gasteiger partial charge in [0.2, 0.25) is 5.88 Å². The second-order valence-electron chi connectivity index (χ2n) is 3.66. The van der Waals surface area contributed by atoms with Crippen LogP contribution in [0.15, 0.2) is 6.07 Å². The smallest absolute Gasteiger partial charge is 0.344 e. The highest BCUT2D eigenvalue weighted by Crippen LogP contribution is 2.23. The van der Waals surface area contributed by atoms with Crippen molar-refractivity contribution in [2.75, 3.05) is 25.6 Å². The van der Waals surface area contributed by atoms with Gasteiger partial charge in [-0.3, -0.25) is 5.41 Å². The maximum absolute atomic E-state index is 11.2. The Kier molecular flexibility index (Phi) is 5.57. The molecule has 0 aromatic carbocycles. The number of aryl methyl sites for hydroxylation is 1. The summed E-state index contributed by atoms with van der Waals surface area (Å²) in [6.07, 6.45) is 0. The first-order valence-electron chi connectivity index (χ1n) is 5.71. The number of aromatic nitrogens is 1. The molecular weight excluding hydrogens is 270 g/mol. The summed E-state index contributed by atoms with van der Waals surface area (Å²) in [6.45, 7) is 3.60. The van der Waals surface area contributed by atoms with Gasteiger partial charge in [-0.1, -0.05) is 11.6 Å². The Morgan fingerprint density at radius 2 is 2.26 bits per heavy atom. The standard InChI is InChI=1S/C12H16ClN3O3/c1-4-18-9(17)6-19-8-5-7(2)10(11(13)14)12(15-3)16-8/h5,14H,4,6H2,1-3H3,(H,15,16). The molecule has 1 aromatic rings. The van der Waals surface area contributed by atoms with E-state index >= 15 is 0 Å². The van der Waals surface area contributed by atoms with Gasteiger partial charge in [0.05, 0.1) is 12.2 Å². The largest absolute Gasteiger partial charge is 0.466 e. The molecule has 0 aliphatic rings. The first-order valence-corrected chi connectivity index (χ1v) is 6.09. The van der Waals surface area contributed by atoms with Crippen LogP contribution in [0.3, 0.4) is 0 Å². The lowest BCUT2D eigenvalue weighted by Gasteiger charge is -2.12. The van der Waals surface area contributed by atoms with E-state index < -0.39 is 5.97 Å². The van der Waals surface area contributed by atoms with E-state index in [-0.39, 0.29) is 17.7 Å². The van der Waals surface area contributed by atoms with E-state index in [1.54, 1.807) is 27.0 Å². The maximum atomic E-state index is 11.2. The Hall–Kier alpha value is -1.82. The van der Waals surface area contributed by atoms with Gasteiger partial charge in [0.25, 0.3) is 0 Å². The van der Waals surface area contributed by atoms with Gasteiger partial charge in [-0.15, -0.1) is 0 Å². The van der Waals surface area contributed by atoms with E-state index in [0.29, 0.717) is 18.0 Å². The summed E-state index contributed by atoms with van der Waals surface area (Å²) in [6, 6.07) is 1.62. The van der Waals surface area contributed by atoms with Crippen molar-refractivity contribution in [2.45, 2.75) is 13.8 Å². The number of carbonyl (C=O) groups is 1. The lowest BCUT2D eigenvalue weighted by molar-refractivity contribution is -0.145. The van der Waals surface area contributed by atoms with E-state index in [4.69, 9.17) is 26.5 Å². The van der Waals surface area contributed by atoms with Crippen LogP contribution in [0.2, 0.25) is 0 Å². The Bertz CT molecular complexity index is 491. The van der Waals surface area contributed by atoms with Crippen molar-refractivity contribution in [3.63, 3.8) is 0 Å². The van der Waals surface area contributed by atoms with Crippen LogP contribution in [0.4, 0.5) is 5.82 Å². The van der Waals surface area contributed by atoms with E-state index in [0.717, 1.165) is 5.56 Å². The topological polar surface area (TPSA) is 84.3 Å². The molecule has 0 radical (unpaired) electrons. The minimum absolute atomic E-state index is 0.105. The number of nitrogens with one attached hydrogen (secondary N) is 2. The van der Waals surface area contributed by atoms with Crippen molar-refractivity contribution in [1.29, 1.82) is 5.41 Å². The molecule has 6 nitrogen and oxygen atoms in total. The van der Waals surface area contributed by atoms with Crippen LogP contribution in [0.5, 0.6) is 5.88 Å². The van der Waals surface area contributed by atoms with Crippen LogP contribution in [-0.4, -0.2) is 36.4 Å². The normalized spacial score (nSPS) is 9.89. The molecule has 0 atom stereocenters. The number of esters is 1. The van der Waals surface area contributed by atoms with Gasteiger partial charge >= 0.3 is 5.97 Å². The Morgan fingerprint density at radius 1 is 1.58 bits per heavy atom. The number of halogens is 1. The minimum atomic E-state index is -0.456. The zero-order valence-corrected chi connectivity index (χ0v) is 11.8. The fraction of sp³-hybridized carbons (Fsp3) is 0.417. The molecule has 7 heteroatoms. The van der Waals surface area contributed by atoms with Crippen LogP contribution >= 0.6 is 11.6 Å². The summed E-state index contributed by atoms with van der Waals surface area (Å²) in [5.74, 6) is 0.248. The van der Waals surface area contributed by atoms with Gasteiger partial charge in [-0.05, 0) is 19.4 Å². The molecule has 19 heavy (non-hydrogen) atoms. The number of pyridine rings is 1. The molecule has 0 amide bonds. The molecule has 0 unspecified atom stereocenters. The molecule has 0 aliphatic carbocycles. The third kappa shape index (κ3) is 4.10. The number of rotatable bonds is 6. The predicted molar refractivity (Wildman–Crippen MR) is 73.3 cm³/mol. The molecule has 0 aliphatic heterocycles. The Morgan fingerprint density at radius 3 is 2.79 bits per heavy atom. The van der Waals surface area contributed by atoms with Crippen molar-refractivity contribution >= 4 is 28.6 Å². The highest BCUT2D eigenvalue weighted by atomic mass is 35.5. The number of hydrogen-bond donors (Lipinski definition) is 2. The van der Waals surface area contributed by atoms with Crippen LogP contribution in [0, 0.1) is 12.3 Å². The highest BCUT2D eigenvalue weighted by Gasteiger charge is 2.13. The van der Waals surface area contributed by atoms with Crippen molar-refractivity contribution < 1.29 is 14.3 Å². The molecule has 0 saturated carbocycles. The van der Waals surface area contributed by atoms with Gasteiger partial charge in [0.1, 0.15) is 11.0 Å². The van der Waals surface area contributed by atoms with E-state index in [2.05, 4.69) is 10.3 Å². The molecule has 0 bridgehead atoms. The minimum Gasteiger partial charge on any atom is -0.466 e. The molecule has 1 aromatic heterocycles. The molecule has 2 N–H and O–H groups in total. The van der Waals surface area contributed by atoms with E-state index in [1.807, 2.05) is 0 Å². The lowest BCUT2D eigenvalue weighted by Crippen LogP contribution is -2.16. The zero-order chi connectivity index (χ0) is 14.4. The first-order chi connectivity index (χ1) is 8.99. The fourth-order valence-electron chi connectivity index (χ4n) is 1.51. The van der Waals surface area contributed by atoms with Crippen LogP contribution in [0.1, 0.15) is 18.1 Å². The SMILES string of the molecule is CCOC(=O)COc1cc(C)c(C(=N)Cl)c(NC)n1.